The molecule has 1 aromatic carbocycles. The summed E-state index contributed by atoms with van der Waals surface area (Å²) < 4.78 is 10.1. The highest BCUT2D eigenvalue weighted by Gasteiger charge is 2.56. The van der Waals surface area contributed by atoms with E-state index in [1.165, 1.54) is 13.2 Å². The summed E-state index contributed by atoms with van der Waals surface area (Å²) in [5, 5.41) is 4.14. The molecule has 9 heteroatoms. The predicted octanol–water partition coefficient (Wildman–Crippen LogP) is 0.729. The number of carbonyl (C=O) groups is 3. The van der Waals surface area contributed by atoms with Crippen molar-refractivity contribution < 1.29 is 23.9 Å². The van der Waals surface area contributed by atoms with Gasteiger partial charge in [-0.15, -0.1) is 0 Å². The molecule has 0 spiro atoms. The summed E-state index contributed by atoms with van der Waals surface area (Å²) in [6.45, 7) is 1.78. The Kier molecular flexibility index (Phi) is 4.15. The van der Waals surface area contributed by atoms with Crippen LogP contribution in [-0.2, 0) is 19.1 Å². The van der Waals surface area contributed by atoms with Gasteiger partial charge in [0.15, 0.2) is 5.71 Å². The van der Waals surface area contributed by atoms with Crippen LogP contribution in [0.25, 0.3) is 0 Å². The van der Waals surface area contributed by atoms with Crippen LogP contribution < -0.4 is 15.1 Å². The van der Waals surface area contributed by atoms with E-state index in [-0.39, 0.29) is 18.0 Å². The molecule has 8 nitrogen and oxygen atoms in total. The summed E-state index contributed by atoms with van der Waals surface area (Å²) >= 11 is 5.97. The minimum atomic E-state index is -1.03. The van der Waals surface area contributed by atoms with Gasteiger partial charge in [-0.2, -0.15) is 5.10 Å². The Morgan fingerprint density at radius 2 is 2.12 bits per heavy atom. The normalized spacial score (nSPS) is 22.1. The van der Waals surface area contributed by atoms with Crippen molar-refractivity contribution in [1.82, 2.24) is 5.43 Å². The molecule has 3 rings (SSSR count). The van der Waals surface area contributed by atoms with E-state index in [1.807, 2.05) is 0 Å². The Morgan fingerprint density at radius 3 is 2.79 bits per heavy atom. The number of imide groups is 1. The topological polar surface area (TPSA) is 97.3 Å². The summed E-state index contributed by atoms with van der Waals surface area (Å²) in [4.78, 5) is 38.3. The molecule has 0 radical (unpaired) electrons. The maximum absolute atomic E-state index is 12.8. The Labute approximate surface area is 142 Å². The number of nitrogens with one attached hydrogen (secondary N) is 1. The molecule has 2 aliphatic rings. The molecule has 0 saturated carbocycles. The van der Waals surface area contributed by atoms with Gasteiger partial charge >= 0.3 is 5.97 Å². The lowest BCUT2D eigenvalue weighted by molar-refractivity contribution is -0.136. The fourth-order valence-corrected chi connectivity index (χ4v) is 2.90. The number of nitrogens with zero attached hydrogens (tertiary/aromatic N) is 2. The summed E-state index contributed by atoms with van der Waals surface area (Å²) in [5.41, 5.74) is 2.66. The van der Waals surface area contributed by atoms with Gasteiger partial charge in [0.25, 0.3) is 5.91 Å². The zero-order valence-electron chi connectivity index (χ0n) is 12.9. The van der Waals surface area contributed by atoms with E-state index in [0.29, 0.717) is 10.8 Å². The van der Waals surface area contributed by atoms with E-state index < -0.39 is 29.7 Å². The average Bonchev–Trinajstić information content (AvgIpc) is 3.09. The fraction of sp³-hybridized carbons (Fsp3) is 0.333. The van der Waals surface area contributed by atoms with Crippen LogP contribution in [0.5, 0.6) is 5.75 Å². The van der Waals surface area contributed by atoms with Crippen LogP contribution >= 0.6 is 11.6 Å². The first kappa shape index (κ1) is 16.3. The Hall–Kier alpha value is -2.61. The van der Waals surface area contributed by atoms with Crippen LogP contribution in [-0.4, -0.2) is 43.3 Å². The molecule has 0 aliphatic carbocycles. The number of anilines is 1. The van der Waals surface area contributed by atoms with E-state index in [9.17, 15) is 14.4 Å². The van der Waals surface area contributed by atoms with Gasteiger partial charge in [0, 0.05) is 5.02 Å². The van der Waals surface area contributed by atoms with Crippen molar-refractivity contribution in [2.45, 2.75) is 13.0 Å². The van der Waals surface area contributed by atoms with Crippen LogP contribution in [0.1, 0.15) is 6.92 Å². The van der Waals surface area contributed by atoms with E-state index in [2.05, 4.69) is 10.5 Å². The number of halogens is 1. The number of ether oxygens (including phenoxy) is 2. The number of fused-ring (bicyclic) bond motifs is 1. The molecule has 2 heterocycles. The number of carbonyl (C=O) groups excluding carboxylic acids is 3. The predicted molar refractivity (Wildman–Crippen MR) is 85.0 cm³/mol. The monoisotopic (exact) mass is 351 g/mol. The van der Waals surface area contributed by atoms with E-state index in [0.717, 1.165) is 4.90 Å². The lowest BCUT2D eigenvalue weighted by atomic mass is 9.99. The van der Waals surface area contributed by atoms with Crippen molar-refractivity contribution in [3.63, 3.8) is 0 Å². The van der Waals surface area contributed by atoms with Gasteiger partial charge in [0.2, 0.25) is 5.91 Å². The molecule has 1 aromatic rings. The molecule has 126 valence electrons. The standard InChI is InChI=1S/C15H14ClN3O5/c1-3-24-15(22)12-10-11(17-18-12)14(21)19(13(10)20)8-6-7(16)4-5-9(8)23-2/h4-6,10-11,17H,3H2,1-2H3/t10-,11+/m1/s1. The van der Waals surface area contributed by atoms with Crippen molar-refractivity contribution in [2.75, 3.05) is 18.6 Å². The smallest absolute Gasteiger partial charge is 0.355 e. The SMILES string of the molecule is CCOC(=O)C1=NN[C@@H]2C(=O)N(c3cc(Cl)ccc3OC)C(=O)[C@@H]12. The Morgan fingerprint density at radius 1 is 1.38 bits per heavy atom. The number of rotatable bonds is 4. The van der Waals surface area contributed by atoms with E-state index in [4.69, 9.17) is 21.1 Å². The van der Waals surface area contributed by atoms with Gasteiger partial charge in [-0.05, 0) is 25.1 Å². The zero-order valence-corrected chi connectivity index (χ0v) is 13.7. The first-order valence-corrected chi connectivity index (χ1v) is 7.59. The van der Waals surface area contributed by atoms with Crippen molar-refractivity contribution in [3.8, 4) is 5.75 Å². The highest BCUT2D eigenvalue weighted by Crippen LogP contribution is 2.37. The first-order valence-electron chi connectivity index (χ1n) is 7.21. The third-order valence-corrected chi connectivity index (χ3v) is 4.03. The van der Waals surface area contributed by atoms with Crippen molar-refractivity contribution in [3.05, 3.63) is 23.2 Å². The molecule has 2 atom stereocenters. The van der Waals surface area contributed by atoms with Crippen molar-refractivity contribution in [2.24, 2.45) is 11.0 Å². The van der Waals surface area contributed by atoms with Crippen molar-refractivity contribution >= 4 is 40.8 Å². The summed E-state index contributed by atoms with van der Waals surface area (Å²) in [6, 6.07) is 3.65. The number of benzene rings is 1. The lowest BCUT2D eigenvalue weighted by Gasteiger charge is -2.18. The number of hydrogen-bond acceptors (Lipinski definition) is 7. The van der Waals surface area contributed by atoms with Gasteiger partial charge in [0.05, 0.1) is 19.4 Å². The minimum Gasteiger partial charge on any atom is -0.495 e. The third-order valence-electron chi connectivity index (χ3n) is 3.79. The van der Waals surface area contributed by atoms with Gasteiger partial charge < -0.3 is 9.47 Å². The number of hydrogen-bond donors (Lipinski definition) is 1. The second-order valence-corrected chi connectivity index (χ2v) is 5.57. The zero-order chi connectivity index (χ0) is 17.4. The summed E-state index contributed by atoms with van der Waals surface area (Å²) in [5.74, 6) is -2.55. The Balaban J connectivity index is 1.98. The van der Waals surface area contributed by atoms with Crippen LogP contribution in [0.2, 0.25) is 5.02 Å². The van der Waals surface area contributed by atoms with Crippen LogP contribution in [0.4, 0.5) is 5.69 Å². The molecule has 1 N–H and O–H groups in total. The molecule has 24 heavy (non-hydrogen) atoms. The van der Waals surface area contributed by atoms with Gasteiger partial charge in [0.1, 0.15) is 17.7 Å². The second-order valence-electron chi connectivity index (χ2n) is 5.13. The number of amides is 2. The van der Waals surface area contributed by atoms with Gasteiger partial charge in [-0.25, -0.2) is 9.69 Å². The minimum absolute atomic E-state index is 0.108. The number of hydrazone groups is 1. The quantitative estimate of drug-likeness (QED) is 0.634. The van der Waals surface area contributed by atoms with Crippen molar-refractivity contribution in [1.29, 1.82) is 0 Å². The van der Waals surface area contributed by atoms with Gasteiger partial charge in [-0.3, -0.25) is 15.0 Å². The average molecular weight is 352 g/mol. The molecule has 1 fully saturated rings. The molecular formula is C15H14ClN3O5. The summed E-state index contributed by atoms with van der Waals surface area (Å²) in [6.07, 6.45) is 0. The Bertz CT molecular complexity index is 763. The lowest BCUT2D eigenvalue weighted by Crippen LogP contribution is -2.36. The van der Waals surface area contributed by atoms with Crippen LogP contribution in [0.3, 0.4) is 0 Å². The maximum Gasteiger partial charge on any atom is 0.355 e. The van der Waals surface area contributed by atoms with E-state index >= 15 is 0 Å². The molecule has 2 amide bonds. The van der Waals surface area contributed by atoms with Crippen LogP contribution in [0, 0.1) is 5.92 Å². The second kappa shape index (κ2) is 6.12. The molecular weight excluding hydrogens is 338 g/mol. The summed E-state index contributed by atoms with van der Waals surface area (Å²) in [7, 11) is 1.42. The fourth-order valence-electron chi connectivity index (χ4n) is 2.74. The third kappa shape index (κ3) is 2.39. The van der Waals surface area contributed by atoms with Crippen LogP contribution in [0.15, 0.2) is 23.3 Å². The highest BCUT2D eigenvalue weighted by atomic mass is 35.5. The number of methoxy groups -OCH3 is 1. The largest absolute Gasteiger partial charge is 0.495 e. The molecule has 1 saturated heterocycles. The van der Waals surface area contributed by atoms with E-state index in [1.54, 1.807) is 19.1 Å². The molecule has 0 bridgehead atoms. The molecule has 0 unspecified atom stereocenters. The number of esters is 1. The first-order chi connectivity index (χ1) is 11.5. The van der Waals surface area contributed by atoms with Gasteiger partial charge in [-0.1, -0.05) is 11.6 Å². The molecule has 2 aliphatic heterocycles. The highest BCUT2D eigenvalue weighted by molar-refractivity contribution is 6.46. The maximum atomic E-state index is 12.8. The molecule has 0 aromatic heterocycles.